The SMILES string of the molecule is CCC1=NO[C@@H](CNC(=O)N2CCN(c3cnccn3)CC2)C1. The lowest BCUT2D eigenvalue weighted by Gasteiger charge is -2.35. The lowest BCUT2D eigenvalue weighted by molar-refractivity contribution is 0.0847. The average molecular weight is 318 g/mol. The van der Waals surface area contributed by atoms with Gasteiger partial charge in [0.2, 0.25) is 0 Å². The number of hydrogen-bond acceptors (Lipinski definition) is 6. The summed E-state index contributed by atoms with van der Waals surface area (Å²) < 4.78 is 0. The summed E-state index contributed by atoms with van der Waals surface area (Å²) in [4.78, 5) is 29.9. The van der Waals surface area contributed by atoms with E-state index in [9.17, 15) is 4.79 Å². The molecule has 0 radical (unpaired) electrons. The highest BCUT2D eigenvalue weighted by Gasteiger charge is 2.24. The van der Waals surface area contributed by atoms with Gasteiger partial charge in [-0.1, -0.05) is 12.1 Å². The molecule has 0 spiro atoms. The predicted molar refractivity (Wildman–Crippen MR) is 86.4 cm³/mol. The number of anilines is 1. The smallest absolute Gasteiger partial charge is 0.317 e. The Morgan fingerprint density at radius 1 is 1.35 bits per heavy atom. The monoisotopic (exact) mass is 318 g/mol. The molecule has 2 amide bonds. The van der Waals surface area contributed by atoms with Crippen molar-refractivity contribution in [2.75, 3.05) is 37.6 Å². The molecule has 1 saturated heterocycles. The molecule has 1 fully saturated rings. The number of amides is 2. The van der Waals surface area contributed by atoms with Gasteiger partial charge < -0.3 is 20.0 Å². The summed E-state index contributed by atoms with van der Waals surface area (Å²) in [5, 5.41) is 6.94. The predicted octanol–water partition coefficient (Wildman–Crippen LogP) is 0.863. The maximum atomic E-state index is 12.2. The molecule has 3 rings (SSSR count). The molecule has 0 aromatic carbocycles. The Bertz CT molecular complexity index is 556. The molecule has 0 bridgehead atoms. The Morgan fingerprint density at radius 2 is 2.17 bits per heavy atom. The van der Waals surface area contributed by atoms with E-state index in [4.69, 9.17) is 4.84 Å². The maximum Gasteiger partial charge on any atom is 0.317 e. The Morgan fingerprint density at radius 3 is 2.83 bits per heavy atom. The molecule has 0 saturated carbocycles. The Balaban J connectivity index is 1.40. The molecule has 0 aliphatic carbocycles. The van der Waals surface area contributed by atoms with E-state index in [2.05, 4.69) is 32.3 Å². The highest BCUT2D eigenvalue weighted by Crippen LogP contribution is 2.13. The second kappa shape index (κ2) is 7.26. The summed E-state index contributed by atoms with van der Waals surface area (Å²) in [7, 11) is 0. The van der Waals surface area contributed by atoms with Crippen molar-refractivity contribution in [1.29, 1.82) is 0 Å². The van der Waals surface area contributed by atoms with Gasteiger partial charge in [-0.25, -0.2) is 9.78 Å². The number of aromatic nitrogens is 2. The van der Waals surface area contributed by atoms with Gasteiger partial charge in [0.15, 0.2) is 0 Å². The zero-order valence-electron chi connectivity index (χ0n) is 13.3. The first kappa shape index (κ1) is 15.5. The molecule has 2 aliphatic heterocycles. The molecule has 8 heteroatoms. The summed E-state index contributed by atoms with van der Waals surface area (Å²) in [6.45, 7) is 5.41. The summed E-state index contributed by atoms with van der Waals surface area (Å²) >= 11 is 0. The molecule has 8 nitrogen and oxygen atoms in total. The Kier molecular flexibility index (Phi) is 4.89. The van der Waals surface area contributed by atoms with E-state index in [1.807, 2.05) is 4.90 Å². The minimum absolute atomic E-state index is 0.0326. The zero-order chi connectivity index (χ0) is 16.1. The van der Waals surface area contributed by atoms with Crippen molar-refractivity contribution < 1.29 is 9.63 Å². The van der Waals surface area contributed by atoms with Crippen molar-refractivity contribution in [1.82, 2.24) is 20.2 Å². The third kappa shape index (κ3) is 3.88. The van der Waals surface area contributed by atoms with E-state index >= 15 is 0 Å². The van der Waals surface area contributed by atoms with Gasteiger partial charge in [-0.05, 0) is 6.42 Å². The molecule has 1 atom stereocenters. The minimum Gasteiger partial charge on any atom is -0.390 e. The standard InChI is InChI=1S/C15H22N6O2/c1-2-12-9-13(23-19-12)10-18-15(22)21-7-5-20(6-8-21)14-11-16-3-4-17-14/h3-4,11,13H,2,5-10H2,1H3,(H,18,22)/t13-/m1/s1. The number of oxime groups is 1. The van der Waals surface area contributed by atoms with Crippen molar-refractivity contribution in [3.05, 3.63) is 18.6 Å². The van der Waals surface area contributed by atoms with Crippen LogP contribution in [-0.4, -0.2) is 65.4 Å². The maximum absolute atomic E-state index is 12.2. The normalized spacial score (nSPS) is 20.9. The van der Waals surface area contributed by atoms with Gasteiger partial charge in [0, 0.05) is 45.0 Å². The fourth-order valence-corrected chi connectivity index (χ4v) is 2.71. The second-order valence-electron chi connectivity index (χ2n) is 5.67. The van der Waals surface area contributed by atoms with E-state index in [0.29, 0.717) is 19.6 Å². The topological polar surface area (TPSA) is 83.0 Å². The van der Waals surface area contributed by atoms with Gasteiger partial charge in [-0.2, -0.15) is 0 Å². The van der Waals surface area contributed by atoms with Crippen molar-refractivity contribution >= 4 is 17.6 Å². The molecule has 124 valence electrons. The number of carbonyl (C=O) groups is 1. The van der Waals surface area contributed by atoms with Crippen molar-refractivity contribution in [2.24, 2.45) is 5.16 Å². The van der Waals surface area contributed by atoms with Crippen LogP contribution in [0.2, 0.25) is 0 Å². The first-order valence-electron chi connectivity index (χ1n) is 8.01. The van der Waals surface area contributed by atoms with Crippen LogP contribution in [0.4, 0.5) is 10.6 Å². The summed E-state index contributed by atoms with van der Waals surface area (Å²) in [5.74, 6) is 0.858. The number of hydrogen-bond donors (Lipinski definition) is 1. The Labute approximate surface area is 135 Å². The van der Waals surface area contributed by atoms with Crippen LogP contribution in [0.5, 0.6) is 0 Å². The van der Waals surface area contributed by atoms with Crippen LogP contribution in [0, 0.1) is 0 Å². The van der Waals surface area contributed by atoms with Crippen LogP contribution < -0.4 is 10.2 Å². The van der Waals surface area contributed by atoms with Crippen molar-refractivity contribution in [3.8, 4) is 0 Å². The van der Waals surface area contributed by atoms with E-state index < -0.39 is 0 Å². The zero-order valence-corrected chi connectivity index (χ0v) is 13.3. The summed E-state index contributed by atoms with van der Waals surface area (Å²) in [5.41, 5.74) is 1.06. The number of nitrogens with zero attached hydrogens (tertiary/aromatic N) is 5. The summed E-state index contributed by atoms with van der Waals surface area (Å²) in [6.07, 6.45) is 6.76. The lowest BCUT2D eigenvalue weighted by atomic mass is 10.1. The largest absolute Gasteiger partial charge is 0.390 e. The van der Waals surface area contributed by atoms with E-state index in [-0.39, 0.29) is 12.1 Å². The molecule has 3 heterocycles. The highest BCUT2D eigenvalue weighted by molar-refractivity contribution is 5.85. The molecule has 2 aliphatic rings. The number of rotatable bonds is 4. The molecule has 1 N–H and O–H groups in total. The third-order valence-corrected chi connectivity index (χ3v) is 4.12. The number of piperazine rings is 1. The number of carbonyl (C=O) groups excluding carboxylic acids is 1. The number of urea groups is 1. The van der Waals surface area contributed by atoms with Crippen LogP contribution in [0.25, 0.3) is 0 Å². The molecule has 23 heavy (non-hydrogen) atoms. The van der Waals surface area contributed by atoms with Crippen LogP contribution in [0.1, 0.15) is 19.8 Å². The van der Waals surface area contributed by atoms with Gasteiger partial charge in [-0.3, -0.25) is 4.98 Å². The van der Waals surface area contributed by atoms with Gasteiger partial charge in [-0.15, -0.1) is 0 Å². The second-order valence-corrected chi connectivity index (χ2v) is 5.67. The lowest BCUT2D eigenvalue weighted by Crippen LogP contribution is -2.52. The van der Waals surface area contributed by atoms with Gasteiger partial charge >= 0.3 is 6.03 Å². The third-order valence-electron chi connectivity index (χ3n) is 4.12. The summed E-state index contributed by atoms with van der Waals surface area (Å²) in [6, 6.07) is -0.0441. The first-order valence-corrected chi connectivity index (χ1v) is 8.01. The number of nitrogens with one attached hydrogen (secondary N) is 1. The van der Waals surface area contributed by atoms with E-state index in [0.717, 1.165) is 37.5 Å². The van der Waals surface area contributed by atoms with Gasteiger partial charge in [0.1, 0.15) is 11.9 Å². The molecule has 0 unspecified atom stereocenters. The highest BCUT2D eigenvalue weighted by atomic mass is 16.6. The van der Waals surface area contributed by atoms with E-state index in [1.54, 1.807) is 18.6 Å². The van der Waals surface area contributed by atoms with Crippen LogP contribution in [0.15, 0.2) is 23.7 Å². The van der Waals surface area contributed by atoms with Gasteiger partial charge in [0.05, 0.1) is 18.5 Å². The molecule has 1 aromatic rings. The van der Waals surface area contributed by atoms with Gasteiger partial charge in [0.25, 0.3) is 0 Å². The fraction of sp³-hybridized carbons (Fsp3) is 0.600. The fourth-order valence-electron chi connectivity index (χ4n) is 2.71. The Hall–Kier alpha value is -2.38. The van der Waals surface area contributed by atoms with Crippen LogP contribution in [-0.2, 0) is 4.84 Å². The molecular formula is C15H22N6O2. The van der Waals surface area contributed by atoms with E-state index in [1.165, 1.54) is 0 Å². The minimum atomic E-state index is -0.0441. The molecule has 1 aromatic heterocycles. The molecular weight excluding hydrogens is 296 g/mol. The van der Waals surface area contributed by atoms with Crippen LogP contribution in [0.3, 0.4) is 0 Å². The van der Waals surface area contributed by atoms with Crippen molar-refractivity contribution in [2.45, 2.75) is 25.9 Å². The first-order chi connectivity index (χ1) is 11.3. The average Bonchev–Trinajstić information content (AvgIpc) is 3.09. The quantitative estimate of drug-likeness (QED) is 0.890. The van der Waals surface area contributed by atoms with Crippen LogP contribution >= 0.6 is 0 Å². The van der Waals surface area contributed by atoms with Crippen molar-refractivity contribution in [3.63, 3.8) is 0 Å².